The first kappa shape index (κ1) is 20.6. The summed E-state index contributed by atoms with van der Waals surface area (Å²) in [6.07, 6.45) is 7.65. The van der Waals surface area contributed by atoms with Gasteiger partial charge < -0.3 is 4.74 Å². The van der Waals surface area contributed by atoms with Gasteiger partial charge in [0, 0.05) is 19.2 Å². The summed E-state index contributed by atoms with van der Waals surface area (Å²) in [5, 5.41) is 3.55. The van der Waals surface area contributed by atoms with E-state index in [2.05, 4.69) is 31.1 Å². The number of pyridine rings is 1. The fraction of sp³-hybridized carbons (Fsp3) is 0.750. The van der Waals surface area contributed by atoms with Crippen LogP contribution in [0.25, 0.3) is 0 Å². The highest BCUT2D eigenvalue weighted by molar-refractivity contribution is 7.89. The zero-order chi connectivity index (χ0) is 19.5. The first-order valence-corrected chi connectivity index (χ1v) is 11.6. The molecule has 1 saturated heterocycles. The number of nitrogens with one attached hydrogen (secondary N) is 2. The lowest BCUT2D eigenvalue weighted by atomic mass is 9.69. The quantitative estimate of drug-likeness (QED) is 0.802. The number of rotatable bonds is 6. The molecule has 0 radical (unpaired) electrons. The van der Waals surface area contributed by atoms with E-state index in [1.54, 1.807) is 12.3 Å². The highest BCUT2D eigenvalue weighted by Crippen LogP contribution is 2.40. The lowest BCUT2D eigenvalue weighted by Crippen LogP contribution is -2.41. The Bertz CT molecular complexity index is 704. The molecule has 7 heteroatoms. The molecule has 152 valence electrons. The highest BCUT2D eigenvalue weighted by Gasteiger charge is 2.33. The van der Waals surface area contributed by atoms with Crippen LogP contribution in [0.2, 0.25) is 0 Å². The van der Waals surface area contributed by atoms with Crippen LogP contribution in [0.5, 0.6) is 0 Å². The summed E-state index contributed by atoms with van der Waals surface area (Å²) < 4.78 is 32.1. The molecule has 0 atom stereocenters. The van der Waals surface area contributed by atoms with Crippen LogP contribution in [-0.4, -0.2) is 45.1 Å². The molecule has 2 heterocycles. The van der Waals surface area contributed by atoms with Gasteiger partial charge in [-0.15, -0.1) is 0 Å². The summed E-state index contributed by atoms with van der Waals surface area (Å²) in [7, 11) is -3.44. The van der Waals surface area contributed by atoms with E-state index in [9.17, 15) is 8.42 Å². The van der Waals surface area contributed by atoms with Crippen LogP contribution in [0.1, 0.15) is 52.9 Å². The van der Waals surface area contributed by atoms with Gasteiger partial charge >= 0.3 is 0 Å². The van der Waals surface area contributed by atoms with Crippen LogP contribution in [0.4, 0.5) is 5.82 Å². The summed E-state index contributed by atoms with van der Waals surface area (Å²) in [5.41, 5.74) is 0.423. The highest BCUT2D eigenvalue weighted by atomic mass is 32.2. The molecule has 3 rings (SSSR count). The van der Waals surface area contributed by atoms with Gasteiger partial charge in [0.15, 0.2) is 0 Å². The van der Waals surface area contributed by atoms with Crippen LogP contribution in [-0.2, 0) is 14.8 Å². The third-order valence-corrected chi connectivity index (χ3v) is 8.39. The van der Waals surface area contributed by atoms with E-state index in [1.807, 2.05) is 6.07 Å². The van der Waals surface area contributed by atoms with Gasteiger partial charge in [0.1, 0.15) is 11.1 Å². The van der Waals surface area contributed by atoms with Crippen LogP contribution < -0.4 is 10.3 Å². The largest absolute Gasteiger partial charge is 0.379 e. The predicted octanol–water partition coefficient (Wildman–Crippen LogP) is 2.93. The molecule has 1 aromatic rings. The van der Waals surface area contributed by atoms with E-state index >= 15 is 0 Å². The third kappa shape index (κ3) is 4.81. The number of sulfonamides is 1. The van der Waals surface area contributed by atoms with Gasteiger partial charge in [-0.25, -0.2) is 13.4 Å². The van der Waals surface area contributed by atoms with Crippen molar-refractivity contribution in [2.45, 2.75) is 63.8 Å². The molecule has 1 saturated carbocycles. The van der Waals surface area contributed by atoms with E-state index in [0.29, 0.717) is 42.7 Å². The monoisotopic (exact) mass is 396 g/mol. The first-order chi connectivity index (χ1) is 12.8. The van der Waals surface area contributed by atoms with E-state index in [0.717, 1.165) is 24.6 Å². The molecule has 0 bridgehead atoms. The molecule has 2 fully saturated rings. The Hall–Kier alpha value is -1.18. The fourth-order valence-corrected chi connectivity index (χ4v) is 5.50. The van der Waals surface area contributed by atoms with Crippen molar-refractivity contribution in [2.75, 3.05) is 31.6 Å². The number of anilines is 1. The molecule has 0 aromatic carbocycles. The average molecular weight is 397 g/mol. The molecule has 1 aromatic heterocycles. The van der Waals surface area contributed by atoms with Crippen LogP contribution in [0.3, 0.4) is 0 Å². The van der Waals surface area contributed by atoms with Crippen LogP contribution >= 0.6 is 0 Å². The Morgan fingerprint density at radius 3 is 2.41 bits per heavy atom. The van der Waals surface area contributed by atoms with E-state index in [1.165, 1.54) is 23.6 Å². The second kappa shape index (κ2) is 8.45. The second-order valence-corrected chi connectivity index (χ2v) is 10.4. The maximum atomic E-state index is 12.7. The SMILES string of the molecule is CCC(C)(C)C1CCC(Nc2ccc(S(=O)(=O)N3CCOCC3)c[nH+]2)CC1. The minimum Gasteiger partial charge on any atom is -0.379 e. The summed E-state index contributed by atoms with van der Waals surface area (Å²) in [6, 6.07) is 3.98. The third-order valence-electron chi connectivity index (χ3n) is 6.50. The smallest absolute Gasteiger partial charge is 0.272 e. The molecular weight excluding hydrogens is 362 g/mol. The first-order valence-electron chi connectivity index (χ1n) is 10.2. The van der Waals surface area contributed by atoms with Gasteiger partial charge in [-0.3, -0.25) is 5.32 Å². The Balaban J connectivity index is 1.57. The van der Waals surface area contributed by atoms with Crippen molar-refractivity contribution < 1.29 is 18.1 Å². The Kier molecular flexibility index (Phi) is 6.43. The van der Waals surface area contributed by atoms with Crippen molar-refractivity contribution in [2.24, 2.45) is 11.3 Å². The number of hydrogen-bond donors (Lipinski definition) is 1. The number of morpholine rings is 1. The van der Waals surface area contributed by atoms with Crippen LogP contribution in [0.15, 0.2) is 23.2 Å². The van der Waals surface area contributed by atoms with E-state index < -0.39 is 10.0 Å². The normalized spacial score (nSPS) is 25.3. The maximum absolute atomic E-state index is 12.7. The van der Waals surface area contributed by atoms with Gasteiger partial charge in [0.2, 0.25) is 10.0 Å². The van der Waals surface area contributed by atoms with Crippen molar-refractivity contribution in [1.29, 1.82) is 0 Å². The van der Waals surface area contributed by atoms with Gasteiger partial charge in [-0.2, -0.15) is 4.31 Å². The number of hydrogen-bond acceptors (Lipinski definition) is 4. The Morgan fingerprint density at radius 2 is 1.85 bits per heavy atom. The minimum absolute atomic E-state index is 0.309. The molecule has 0 spiro atoms. The lowest BCUT2D eigenvalue weighted by molar-refractivity contribution is -0.364. The standard InChI is InChI=1S/C20H33N3O3S/c1-4-20(2,3)16-5-7-17(8-6-16)22-19-10-9-18(15-21-19)27(24,25)23-11-13-26-14-12-23/h9-10,15-17H,4-8,11-14H2,1-3H3,(H,21,22)/p+1. The number of nitrogens with zero attached hydrogens (tertiary/aromatic N) is 1. The Morgan fingerprint density at radius 1 is 1.19 bits per heavy atom. The lowest BCUT2D eigenvalue weighted by Gasteiger charge is -2.38. The van der Waals surface area contributed by atoms with Crippen molar-refractivity contribution in [3.63, 3.8) is 0 Å². The summed E-state index contributed by atoms with van der Waals surface area (Å²) in [4.78, 5) is 3.44. The van der Waals surface area contributed by atoms with Crippen molar-refractivity contribution in [3.05, 3.63) is 18.3 Å². The number of aromatic amines is 1. The summed E-state index contributed by atoms with van der Waals surface area (Å²) in [6.45, 7) is 8.80. The maximum Gasteiger partial charge on any atom is 0.272 e. The van der Waals surface area contributed by atoms with Crippen molar-refractivity contribution in [1.82, 2.24) is 4.31 Å². The van der Waals surface area contributed by atoms with Crippen LogP contribution in [0, 0.1) is 11.3 Å². The minimum atomic E-state index is -3.44. The van der Waals surface area contributed by atoms with Gasteiger partial charge in [-0.1, -0.05) is 27.2 Å². The number of ether oxygens (including phenoxy) is 1. The number of aromatic nitrogens is 1. The zero-order valence-corrected chi connectivity index (χ0v) is 17.6. The number of H-pyrrole nitrogens is 1. The molecule has 0 unspecified atom stereocenters. The van der Waals surface area contributed by atoms with Crippen molar-refractivity contribution >= 4 is 15.8 Å². The fourth-order valence-electron chi connectivity index (χ4n) is 4.12. The van der Waals surface area contributed by atoms with E-state index in [4.69, 9.17) is 4.74 Å². The summed E-state index contributed by atoms with van der Waals surface area (Å²) >= 11 is 0. The predicted molar refractivity (Wildman–Crippen MR) is 106 cm³/mol. The Labute approximate surface area is 163 Å². The molecule has 1 aliphatic heterocycles. The molecule has 1 aliphatic carbocycles. The van der Waals surface area contributed by atoms with Gasteiger partial charge in [0.25, 0.3) is 5.82 Å². The zero-order valence-electron chi connectivity index (χ0n) is 16.8. The molecule has 6 nitrogen and oxygen atoms in total. The molecule has 2 N–H and O–H groups in total. The second-order valence-electron chi connectivity index (χ2n) is 8.49. The summed E-state index contributed by atoms with van der Waals surface area (Å²) in [5.74, 6) is 1.68. The molecular formula is C20H34N3O3S+. The van der Waals surface area contributed by atoms with Gasteiger partial charge in [-0.05, 0) is 43.1 Å². The topological polar surface area (TPSA) is 72.8 Å². The van der Waals surface area contributed by atoms with E-state index in [-0.39, 0.29) is 0 Å². The molecule has 2 aliphatic rings. The van der Waals surface area contributed by atoms with Crippen molar-refractivity contribution in [3.8, 4) is 0 Å². The molecule has 27 heavy (non-hydrogen) atoms. The van der Waals surface area contributed by atoms with Gasteiger partial charge in [0.05, 0.1) is 19.3 Å². The average Bonchev–Trinajstić information content (AvgIpc) is 2.69. The molecule has 0 amide bonds.